The summed E-state index contributed by atoms with van der Waals surface area (Å²) >= 11 is 0. The first-order chi connectivity index (χ1) is 8.24. The van der Waals surface area contributed by atoms with Crippen LogP contribution in [0.1, 0.15) is 18.6 Å². The number of methoxy groups -OCH3 is 2. The van der Waals surface area contributed by atoms with Gasteiger partial charge in [0.25, 0.3) is 0 Å². The van der Waals surface area contributed by atoms with Crippen LogP contribution >= 0.6 is 0 Å². The molecule has 0 aliphatic carbocycles. The maximum atomic E-state index is 5.28. The van der Waals surface area contributed by atoms with Gasteiger partial charge in [-0.25, -0.2) is 0 Å². The summed E-state index contributed by atoms with van der Waals surface area (Å²) in [4.78, 5) is 4.20. The van der Waals surface area contributed by atoms with Crippen molar-refractivity contribution in [2.75, 3.05) is 14.2 Å². The molecule has 17 heavy (non-hydrogen) atoms. The van der Waals surface area contributed by atoms with E-state index < -0.39 is 0 Å². The van der Waals surface area contributed by atoms with Gasteiger partial charge in [0.2, 0.25) is 0 Å². The first kappa shape index (κ1) is 11.6. The molecule has 5 heteroatoms. The Morgan fingerprint density at radius 1 is 1.29 bits per heavy atom. The molecule has 1 aromatic carbocycles. The van der Waals surface area contributed by atoms with E-state index in [1.807, 2.05) is 31.2 Å². The zero-order valence-electron chi connectivity index (χ0n) is 10.1. The fraction of sp³-hybridized carbons (Fsp3) is 0.333. The number of rotatable bonds is 4. The molecule has 0 aliphatic rings. The molecule has 1 aromatic heterocycles. The molecule has 1 heterocycles. The van der Waals surface area contributed by atoms with Crippen molar-refractivity contribution >= 4 is 0 Å². The van der Waals surface area contributed by atoms with Crippen molar-refractivity contribution in [2.24, 2.45) is 0 Å². The minimum atomic E-state index is 0.0553. The van der Waals surface area contributed by atoms with E-state index in [0.717, 1.165) is 11.1 Å². The lowest BCUT2D eigenvalue weighted by molar-refractivity contribution is 0.119. The van der Waals surface area contributed by atoms with Crippen LogP contribution in [0.3, 0.4) is 0 Å². The van der Waals surface area contributed by atoms with Crippen molar-refractivity contribution in [2.45, 2.75) is 13.0 Å². The van der Waals surface area contributed by atoms with Crippen LogP contribution in [0.25, 0.3) is 11.4 Å². The smallest absolute Gasteiger partial charge is 0.335 e. The van der Waals surface area contributed by atoms with Gasteiger partial charge in [0.15, 0.2) is 5.82 Å². The number of H-pyrrole nitrogens is 1. The summed E-state index contributed by atoms with van der Waals surface area (Å²) in [5.41, 5.74) is 2.06. The number of benzene rings is 1. The minimum absolute atomic E-state index is 0.0553. The Labute approximate surface area is 99.8 Å². The van der Waals surface area contributed by atoms with E-state index in [2.05, 4.69) is 15.2 Å². The van der Waals surface area contributed by atoms with Crippen LogP contribution in [0, 0.1) is 0 Å². The number of hydrogen-bond acceptors (Lipinski definition) is 4. The fourth-order valence-electron chi connectivity index (χ4n) is 1.54. The summed E-state index contributed by atoms with van der Waals surface area (Å²) in [6.07, 6.45) is 0.0553. The standard InChI is InChI=1S/C12H15N3O2/c1-8(16-2)9-5-4-6-10(7-9)11-13-12(17-3)15-14-11/h4-8H,1-3H3,(H,13,14,15)/t8-/m0/s1. The first-order valence-corrected chi connectivity index (χ1v) is 5.34. The van der Waals surface area contributed by atoms with E-state index in [1.54, 1.807) is 7.11 Å². The molecule has 5 nitrogen and oxygen atoms in total. The molecule has 1 atom stereocenters. The molecule has 0 aliphatic heterocycles. The van der Waals surface area contributed by atoms with Gasteiger partial charge in [-0.1, -0.05) is 18.2 Å². The van der Waals surface area contributed by atoms with Crippen LogP contribution in [0.15, 0.2) is 24.3 Å². The zero-order chi connectivity index (χ0) is 12.3. The van der Waals surface area contributed by atoms with Crippen molar-refractivity contribution in [1.29, 1.82) is 0 Å². The molecule has 0 unspecified atom stereocenters. The van der Waals surface area contributed by atoms with Gasteiger partial charge < -0.3 is 9.47 Å². The Morgan fingerprint density at radius 2 is 2.12 bits per heavy atom. The molecule has 0 saturated heterocycles. The third-order valence-corrected chi connectivity index (χ3v) is 2.63. The Hall–Kier alpha value is -1.88. The molecule has 1 N–H and O–H groups in total. The highest BCUT2D eigenvalue weighted by atomic mass is 16.5. The van der Waals surface area contributed by atoms with E-state index in [1.165, 1.54) is 7.11 Å². The second kappa shape index (κ2) is 4.97. The van der Waals surface area contributed by atoms with Crippen LogP contribution in [-0.2, 0) is 4.74 Å². The summed E-state index contributed by atoms with van der Waals surface area (Å²) in [6, 6.07) is 8.31. The molecule has 0 saturated carbocycles. The SMILES string of the molecule is COc1n[nH]c(-c2cccc([C@H](C)OC)c2)n1. The van der Waals surface area contributed by atoms with Gasteiger partial charge in [0, 0.05) is 12.7 Å². The number of aromatic amines is 1. The molecule has 90 valence electrons. The zero-order valence-corrected chi connectivity index (χ0v) is 10.1. The van der Waals surface area contributed by atoms with Gasteiger partial charge in [-0.2, -0.15) is 4.98 Å². The average Bonchev–Trinajstić information content (AvgIpc) is 2.86. The molecule has 0 fully saturated rings. The summed E-state index contributed by atoms with van der Waals surface area (Å²) in [6.45, 7) is 2.00. The maximum Gasteiger partial charge on any atom is 0.335 e. The van der Waals surface area contributed by atoms with Gasteiger partial charge in [0.1, 0.15) is 0 Å². The fourth-order valence-corrected chi connectivity index (χ4v) is 1.54. The number of aromatic nitrogens is 3. The van der Waals surface area contributed by atoms with E-state index in [0.29, 0.717) is 11.8 Å². The summed E-state index contributed by atoms with van der Waals surface area (Å²) < 4.78 is 10.2. The Bertz CT molecular complexity index is 496. The van der Waals surface area contributed by atoms with E-state index >= 15 is 0 Å². The second-order valence-corrected chi connectivity index (χ2v) is 3.67. The lowest BCUT2D eigenvalue weighted by Crippen LogP contribution is -1.95. The highest BCUT2D eigenvalue weighted by molar-refractivity contribution is 5.56. The number of hydrogen-bond donors (Lipinski definition) is 1. The lowest BCUT2D eigenvalue weighted by Gasteiger charge is -2.10. The number of ether oxygens (including phenoxy) is 2. The second-order valence-electron chi connectivity index (χ2n) is 3.67. The van der Waals surface area contributed by atoms with Crippen molar-refractivity contribution in [3.63, 3.8) is 0 Å². The van der Waals surface area contributed by atoms with Gasteiger partial charge in [-0.3, -0.25) is 5.10 Å². The molecule has 2 aromatic rings. The van der Waals surface area contributed by atoms with Crippen molar-refractivity contribution in [3.05, 3.63) is 29.8 Å². The number of nitrogens with one attached hydrogen (secondary N) is 1. The first-order valence-electron chi connectivity index (χ1n) is 5.34. The van der Waals surface area contributed by atoms with Gasteiger partial charge >= 0.3 is 6.01 Å². The Kier molecular flexibility index (Phi) is 3.39. The predicted molar refractivity (Wildman–Crippen MR) is 63.8 cm³/mol. The normalized spacial score (nSPS) is 12.4. The maximum absolute atomic E-state index is 5.28. The van der Waals surface area contributed by atoms with Gasteiger partial charge in [-0.05, 0) is 18.6 Å². The third-order valence-electron chi connectivity index (χ3n) is 2.63. The number of nitrogens with zero attached hydrogens (tertiary/aromatic N) is 2. The highest BCUT2D eigenvalue weighted by Gasteiger charge is 2.08. The van der Waals surface area contributed by atoms with E-state index in [4.69, 9.17) is 9.47 Å². The quantitative estimate of drug-likeness (QED) is 0.879. The van der Waals surface area contributed by atoms with E-state index in [-0.39, 0.29) is 6.10 Å². The summed E-state index contributed by atoms with van der Waals surface area (Å²) in [5, 5.41) is 6.75. The van der Waals surface area contributed by atoms with Crippen molar-refractivity contribution in [1.82, 2.24) is 15.2 Å². The summed E-state index contributed by atoms with van der Waals surface area (Å²) in [7, 11) is 3.23. The van der Waals surface area contributed by atoms with Crippen LogP contribution in [0.4, 0.5) is 0 Å². The van der Waals surface area contributed by atoms with Crippen LogP contribution < -0.4 is 4.74 Å². The van der Waals surface area contributed by atoms with Gasteiger partial charge in [-0.15, -0.1) is 5.10 Å². The molecular formula is C12H15N3O2. The van der Waals surface area contributed by atoms with E-state index in [9.17, 15) is 0 Å². The van der Waals surface area contributed by atoms with Crippen LogP contribution in [0.2, 0.25) is 0 Å². The monoisotopic (exact) mass is 233 g/mol. The van der Waals surface area contributed by atoms with Crippen molar-refractivity contribution in [3.8, 4) is 17.4 Å². The third kappa shape index (κ3) is 2.45. The highest BCUT2D eigenvalue weighted by Crippen LogP contribution is 2.22. The van der Waals surface area contributed by atoms with Crippen molar-refractivity contribution < 1.29 is 9.47 Å². The molecule has 0 bridgehead atoms. The largest absolute Gasteiger partial charge is 0.466 e. The molecule has 2 rings (SSSR count). The molecule has 0 amide bonds. The molecular weight excluding hydrogens is 218 g/mol. The predicted octanol–water partition coefficient (Wildman–Crippen LogP) is 2.19. The molecule has 0 spiro atoms. The van der Waals surface area contributed by atoms with Crippen LogP contribution in [-0.4, -0.2) is 29.4 Å². The Morgan fingerprint density at radius 3 is 2.76 bits per heavy atom. The van der Waals surface area contributed by atoms with Crippen LogP contribution in [0.5, 0.6) is 6.01 Å². The minimum Gasteiger partial charge on any atom is -0.466 e. The topological polar surface area (TPSA) is 60.0 Å². The lowest BCUT2D eigenvalue weighted by atomic mass is 10.1. The Balaban J connectivity index is 2.32. The van der Waals surface area contributed by atoms with Gasteiger partial charge in [0.05, 0.1) is 13.2 Å². The molecule has 0 radical (unpaired) electrons. The average molecular weight is 233 g/mol. The summed E-state index contributed by atoms with van der Waals surface area (Å²) in [5.74, 6) is 0.687.